The van der Waals surface area contributed by atoms with Crippen molar-refractivity contribution in [2.45, 2.75) is 70.6 Å². The second-order valence-electron chi connectivity index (χ2n) is 7.18. The molecule has 0 bridgehead atoms. The van der Waals surface area contributed by atoms with Crippen molar-refractivity contribution in [2.75, 3.05) is 19.6 Å². The summed E-state index contributed by atoms with van der Waals surface area (Å²) in [6, 6.07) is 0.574. The van der Waals surface area contributed by atoms with Crippen LogP contribution >= 0.6 is 0 Å². The Balaban J connectivity index is 1.94. The fraction of sp³-hybridized carbons (Fsp3) is 1.00. The summed E-state index contributed by atoms with van der Waals surface area (Å²) in [7, 11) is 0. The molecule has 0 amide bonds. The Morgan fingerprint density at radius 1 is 1.10 bits per heavy atom. The summed E-state index contributed by atoms with van der Waals surface area (Å²) in [5.41, 5.74) is 0. The number of halogens is 3. The van der Waals surface area contributed by atoms with Crippen LogP contribution in [-0.4, -0.2) is 42.8 Å². The first-order valence-corrected chi connectivity index (χ1v) is 8.39. The second kappa shape index (κ2) is 7.32. The van der Waals surface area contributed by atoms with Gasteiger partial charge >= 0.3 is 6.18 Å². The molecule has 2 nitrogen and oxygen atoms in total. The zero-order valence-corrected chi connectivity index (χ0v) is 13.3. The monoisotopic (exact) mass is 306 g/mol. The Morgan fingerprint density at radius 2 is 1.76 bits per heavy atom. The summed E-state index contributed by atoms with van der Waals surface area (Å²) in [5.74, 6) is 1.04. The van der Waals surface area contributed by atoms with Gasteiger partial charge in [0.15, 0.2) is 0 Å². The van der Waals surface area contributed by atoms with E-state index < -0.39 is 12.7 Å². The van der Waals surface area contributed by atoms with Crippen LogP contribution in [-0.2, 0) is 0 Å². The van der Waals surface area contributed by atoms with Crippen LogP contribution in [0.4, 0.5) is 13.2 Å². The molecule has 0 radical (unpaired) electrons. The van der Waals surface area contributed by atoms with Gasteiger partial charge in [-0.3, -0.25) is 4.90 Å². The molecule has 0 spiro atoms. The lowest BCUT2D eigenvalue weighted by Gasteiger charge is -2.44. The highest BCUT2D eigenvalue weighted by atomic mass is 19.4. The largest absolute Gasteiger partial charge is 0.401 e. The van der Waals surface area contributed by atoms with Crippen LogP contribution in [0.1, 0.15) is 52.4 Å². The van der Waals surface area contributed by atoms with E-state index in [0.29, 0.717) is 17.9 Å². The van der Waals surface area contributed by atoms with Gasteiger partial charge in [0, 0.05) is 25.2 Å². The van der Waals surface area contributed by atoms with Gasteiger partial charge in [0.25, 0.3) is 0 Å². The lowest BCUT2D eigenvalue weighted by molar-refractivity contribution is -0.127. The van der Waals surface area contributed by atoms with Crippen LogP contribution in [0.5, 0.6) is 0 Å². The van der Waals surface area contributed by atoms with Crippen LogP contribution in [0.3, 0.4) is 0 Å². The van der Waals surface area contributed by atoms with E-state index in [1.165, 1.54) is 32.1 Å². The van der Waals surface area contributed by atoms with Gasteiger partial charge in [-0.2, -0.15) is 13.2 Å². The minimum atomic E-state index is -4.11. The third kappa shape index (κ3) is 5.44. The summed E-state index contributed by atoms with van der Waals surface area (Å²) in [4.78, 5) is 2.47. The highest BCUT2D eigenvalue weighted by Gasteiger charge is 2.35. The maximum absolute atomic E-state index is 12.4. The van der Waals surface area contributed by atoms with Gasteiger partial charge in [-0.05, 0) is 31.1 Å². The van der Waals surface area contributed by atoms with E-state index in [2.05, 4.69) is 24.1 Å². The van der Waals surface area contributed by atoms with Crippen LogP contribution in [0.15, 0.2) is 0 Å². The van der Waals surface area contributed by atoms with Crippen LogP contribution in [0, 0.1) is 11.8 Å². The van der Waals surface area contributed by atoms with Crippen LogP contribution in [0.2, 0.25) is 0 Å². The minimum Gasteiger partial charge on any atom is -0.305 e. The summed E-state index contributed by atoms with van der Waals surface area (Å²) < 4.78 is 37.3. The van der Waals surface area contributed by atoms with E-state index in [4.69, 9.17) is 0 Å². The SMILES string of the molecule is CC(C)C1CC(NCC(F)(F)F)CN(C2CCCCC2)C1. The molecular formula is C16H29F3N2. The lowest BCUT2D eigenvalue weighted by Crippen LogP contribution is -2.55. The normalized spacial score (nSPS) is 30.0. The van der Waals surface area contributed by atoms with Crippen molar-refractivity contribution >= 4 is 0 Å². The van der Waals surface area contributed by atoms with Crippen molar-refractivity contribution in [3.8, 4) is 0 Å². The third-order valence-electron chi connectivity index (χ3n) is 5.14. The molecule has 2 unspecified atom stereocenters. The maximum atomic E-state index is 12.4. The molecule has 124 valence electrons. The van der Waals surface area contributed by atoms with Gasteiger partial charge in [0.2, 0.25) is 0 Å². The predicted molar refractivity (Wildman–Crippen MR) is 79.2 cm³/mol. The second-order valence-corrected chi connectivity index (χ2v) is 7.18. The molecule has 2 aliphatic rings. The van der Waals surface area contributed by atoms with Gasteiger partial charge < -0.3 is 5.32 Å². The van der Waals surface area contributed by atoms with Crippen LogP contribution < -0.4 is 5.32 Å². The zero-order chi connectivity index (χ0) is 15.5. The van der Waals surface area contributed by atoms with Gasteiger partial charge in [-0.15, -0.1) is 0 Å². The Morgan fingerprint density at radius 3 is 2.33 bits per heavy atom. The Kier molecular flexibility index (Phi) is 5.95. The van der Waals surface area contributed by atoms with Gasteiger partial charge in [-0.1, -0.05) is 33.1 Å². The molecule has 1 saturated heterocycles. The molecule has 1 aliphatic carbocycles. The lowest BCUT2D eigenvalue weighted by atomic mass is 9.83. The molecule has 1 saturated carbocycles. The van der Waals surface area contributed by atoms with E-state index in [1.54, 1.807) is 0 Å². The fourth-order valence-corrected chi connectivity index (χ4v) is 3.81. The molecule has 0 aromatic heterocycles. The average molecular weight is 306 g/mol. The minimum absolute atomic E-state index is 0.0188. The molecule has 2 rings (SSSR count). The van der Waals surface area contributed by atoms with Gasteiger partial charge in [0.1, 0.15) is 0 Å². The average Bonchev–Trinajstić information content (AvgIpc) is 2.45. The number of piperidine rings is 1. The van der Waals surface area contributed by atoms with E-state index >= 15 is 0 Å². The smallest absolute Gasteiger partial charge is 0.305 e. The summed E-state index contributed by atoms with van der Waals surface area (Å²) in [6.07, 6.45) is 3.06. The number of nitrogens with one attached hydrogen (secondary N) is 1. The Labute approximate surface area is 126 Å². The number of hydrogen-bond donors (Lipinski definition) is 1. The molecule has 2 fully saturated rings. The number of alkyl halides is 3. The highest BCUT2D eigenvalue weighted by molar-refractivity contribution is 4.89. The summed E-state index contributed by atoms with van der Waals surface area (Å²) >= 11 is 0. The van der Waals surface area contributed by atoms with Crippen molar-refractivity contribution in [3.05, 3.63) is 0 Å². The quantitative estimate of drug-likeness (QED) is 0.849. The summed E-state index contributed by atoms with van der Waals surface area (Å²) in [6.45, 7) is 5.36. The first kappa shape index (κ1) is 17.1. The van der Waals surface area contributed by atoms with Crippen LogP contribution in [0.25, 0.3) is 0 Å². The molecule has 5 heteroatoms. The van der Waals surface area contributed by atoms with Crippen molar-refractivity contribution in [2.24, 2.45) is 11.8 Å². The first-order valence-electron chi connectivity index (χ1n) is 8.39. The van der Waals surface area contributed by atoms with E-state index in [0.717, 1.165) is 19.5 Å². The van der Waals surface area contributed by atoms with Crippen molar-refractivity contribution in [3.63, 3.8) is 0 Å². The number of rotatable bonds is 4. The number of likely N-dealkylation sites (tertiary alicyclic amines) is 1. The highest BCUT2D eigenvalue weighted by Crippen LogP contribution is 2.30. The molecule has 21 heavy (non-hydrogen) atoms. The molecule has 1 N–H and O–H groups in total. The maximum Gasteiger partial charge on any atom is 0.401 e. The molecule has 1 heterocycles. The van der Waals surface area contributed by atoms with Gasteiger partial charge in [-0.25, -0.2) is 0 Å². The predicted octanol–water partition coefficient (Wildman–Crippen LogP) is 3.82. The zero-order valence-electron chi connectivity index (χ0n) is 13.3. The standard InChI is InChI=1S/C16H29F3N2/c1-12(2)13-8-14(20-11-16(17,18)19)10-21(9-13)15-6-4-3-5-7-15/h12-15,20H,3-11H2,1-2H3. The van der Waals surface area contributed by atoms with Crippen molar-refractivity contribution in [1.29, 1.82) is 0 Å². The molecule has 0 aromatic carbocycles. The molecule has 1 aliphatic heterocycles. The van der Waals surface area contributed by atoms with Gasteiger partial charge in [0.05, 0.1) is 6.54 Å². The topological polar surface area (TPSA) is 15.3 Å². The third-order valence-corrected chi connectivity index (χ3v) is 5.14. The van der Waals surface area contributed by atoms with E-state index in [-0.39, 0.29) is 6.04 Å². The molecule has 2 atom stereocenters. The molecule has 0 aromatic rings. The first-order chi connectivity index (χ1) is 9.85. The van der Waals surface area contributed by atoms with E-state index in [1.807, 2.05) is 0 Å². The number of hydrogen-bond acceptors (Lipinski definition) is 2. The Bertz CT molecular complexity index is 311. The summed E-state index contributed by atoms with van der Waals surface area (Å²) in [5, 5.41) is 2.75. The van der Waals surface area contributed by atoms with Crippen molar-refractivity contribution < 1.29 is 13.2 Å². The van der Waals surface area contributed by atoms with E-state index in [9.17, 15) is 13.2 Å². The fourth-order valence-electron chi connectivity index (χ4n) is 3.81. The molecular weight excluding hydrogens is 277 g/mol. The Hall–Kier alpha value is -0.290. The van der Waals surface area contributed by atoms with Crippen molar-refractivity contribution in [1.82, 2.24) is 10.2 Å². The number of nitrogens with zero attached hydrogens (tertiary/aromatic N) is 1.